The number of aliphatic hydroxyl groups excluding tert-OH is 1. The molecule has 1 rings (SSSR count). The number of ether oxygens (including phenoxy) is 1. The first-order valence-electron chi connectivity index (χ1n) is 6.19. The van der Waals surface area contributed by atoms with Crippen LogP contribution in [0.5, 0.6) is 5.75 Å². The van der Waals surface area contributed by atoms with Crippen molar-refractivity contribution in [1.29, 1.82) is 0 Å². The number of carbonyl (C=O) groups excluding carboxylic acids is 1. The topological polar surface area (TPSA) is 70.6 Å². The molecule has 106 valence electrons. The van der Waals surface area contributed by atoms with Crippen molar-refractivity contribution in [2.75, 3.05) is 19.8 Å². The second-order valence-electron chi connectivity index (χ2n) is 3.99. The van der Waals surface area contributed by atoms with Crippen molar-refractivity contribution in [2.24, 2.45) is 0 Å². The van der Waals surface area contributed by atoms with Crippen LogP contribution in [0.4, 0.5) is 4.79 Å². The van der Waals surface area contributed by atoms with E-state index < -0.39 is 0 Å². The third-order valence-electron chi connectivity index (χ3n) is 2.52. The molecular formula is C13H19BrN2O3. The Balaban J connectivity index is 2.16. The molecule has 1 unspecified atom stereocenters. The Hall–Kier alpha value is -1.27. The zero-order valence-electron chi connectivity index (χ0n) is 10.9. The number of hydrogen-bond acceptors (Lipinski definition) is 3. The van der Waals surface area contributed by atoms with Gasteiger partial charge >= 0.3 is 6.03 Å². The molecule has 0 saturated heterocycles. The van der Waals surface area contributed by atoms with Crippen LogP contribution in [-0.2, 0) is 0 Å². The molecule has 19 heavy (non-hydrogen) atoms. The number of carbonyl (C=O) groups is 1. The van der Waals surface area contributed by atoms with Gasteiger partial charge in [0, 0.05) is 4.47 Å². The number of benzene rings is 1. The van der Waals surface area contributed by atoms with Gasteiger partial charge in [-0.1, -0.05) is 22.9 Å². The quantitative estimate of drug-likeness (QED) is 0.669. The van der Waals surface area contributed by atoms with Crippen molar-refractivity contribution in [1.82, 2.24) is 10.6 Å². The highest BCUT2D eigenvalue weighted by atomic mass is 79.9. The zero-order valence-corrected chi connectivity index (χ0v) is 12.4. The molecule has 2 amide bonds. The molecule has 0 saturated carbocycles. The molecule has 0 radical (unpaired) electrons. The van der Waals surface area contributed by atoms with E-state index >= 15 is 0 Å². The van der Waals surface area contributed by atoms with Gasteiger partial charge in [0.15, 0.2) is 0 Å². The highest BCUT2D eigenvalue weighted by Gasteiger charge is 2.07. The lowest BCUT2D eigenvalue weighted by atomic mass is 10.2. The summed E-state index contributed by atoms with van der Waals surface area (Å²) >= 11 is 3.34. The Labute approximate surface area is 121 Å². The third kappa shape index (κ3) is 6.45. The number of nitrogens with one attached hydrogen (secondary N) is 2. The molecule has 0 heterocycles. The average molecular weight is 331 g/mol. The van der Waals surface area contributed by atoms with Gasteiger partial charge in [-0.05, 0) is 30.7 Å². The second-order valence-corrected chi connectivity index (χ2v) is 4.91. The summed E-state index contributed by atoms with van der Waals surface area (Å²) in [5.41, 5.74) is 0. The van der Waals surface area contributed by atoms with Crippen LogP contribution in [0.3, 0.4) is 0 Å². The molecule has 0 aliphatic heterocycles. The molecule has 1 atom stereocenters. The number of amides is 2. The van der Waals surface area contributed by atoms with Crippen molar-refractivity contribution >= 4 is 22.0 Å². The monoisotopic (exact) mass is 330 g/mol. The summed E-state index contributed by atoms with van der Waals surface area (Å²) in [5.74, 6) is 0.757. The third-order valence-corrected chi connectivity index (χ3v) is 3.05. The lowest BCUT2D eigenvalue weighted by molar-refractivity contribution is 0.212. The Morgan fingerprint density at radius 3 is 2.68 bits per heavy atom. The lowest BCUT2D eigenvalue weighted by Gasteiger charge is -2.14. The van der Waals surface area contributed by atoms with Crippen LogP contribution < -0.4 is 15.4 Å². The lowest BCUT2D eigenvalue weighted by Crippen LogP contribution is -2.44. The van der Waals surface area contributed by atoms with Crippen LogP contribution in [-0.4, -0.2) is 36.9 Å². The molecule has 0 aliphatic carbocycles. The maximum absolute atomic E-state index is 11.4. The second kappa shape index (κ2) is 8.77. The van der Waals surface area contributed by atoms with Gasteiger partial charge < -0.3 is 20.5 Å². The molecule has 0 spiro atoms. The number of rotatable bonds is 7. The Bertz CT molecular complexity index is 380. The van der Waals surface area contributed by atoms with Gasteiger partial charge in [-0.25, -0.2) is 4.79 Å². The van der Waals surface area contributed by atoms with E-state index in [9.17, 15) is 4.79 Å². The van der Waals surface area contributed by atoms with Crippen LogP contribution in [0.15, 0.2) is 28.7 Å². The molecule has 1 aromatic rings. The van der Waals surface area contributed by atoms with E-state index in [0.717, 1.165) is 10.2 Å². The van der Waals surface area contributed by atoms with Crippen LogP contribution in [0, 0.1) is 0 Å². The van der Waals surface area contributed by atoms with Crippen molar-refractivity contribution in [2.45, 2.75) is 19.4 Å². The van der Waals surface area contributed by atoms with Gasteiger partial charge in [0.25, 0.3) is 0 Å². The van der Waals surface area contributed by atoms with Gasteiger partial charge in [0.1, 0.15) is 12.4 Å². The smallest absolute Gasteiger partial charge is 0.315 e. The van der Waals surface area contributed by atoms with E-state index in [0.29, 0.717) is 19.6 Å². The first kappa shape index (κ1) is 15.8. The zero-order chi connectivity index (χ0) is 14.1. The molecule has 0 fully saturated rings. The van der Waals surface area contributed by atoms with E-state index in [4.69, 9.17) is 9.84 Å². The first-order valence-corrected chi connectivity index (χ1v) is 6.98. The van der Waals surface area contributed by atoms with Crippen molar-refractivity contribution in [3.05, 3.63) is 28.7 Å². The fourth-order valence-corrected chi connectivity index (χ4v) is 1.64. The maximum atomic E-state index is 11.4. The molecule has 0 bridgehead atoms. The average Bonchev–Trinajstić information content (AvgIpc) is 2.43. The van der Waals surface area contributed by atoms with Gasteiger partial charge in [-0.3, -0.25) is 0 Å². The van der Waals surface area contributed by atoms with Crippen LogP contribution in [0.2, 0.25) is 0 Å². The Morgan fingerprint density at radius 2 is 2.11 bits per heavy atom. The molecule has 0 aliphatic rings. The summed E-state index contributed by atoms with van der Waals surface area (Å²) in [6.45, 7) is 2.64. The fourth-order valence-electron chi connectivity index (χ4n) is 1.38. The largest absolute Gasteiger partial charge is 0.492 e. The summed E-state index contributed by atoms with van der Waals surface area (Å²) in [6.07, 6.45) is 0.694. The number of aliphatic hydroxyl groups is 1. The van der Waals surface area contributed by atoms with Crippen LogP contribution >= 0.6 is 15.9 Å². The number of urea groups is 1. The van der Waals surface area contributed by atoms with Gasteiger partial charge in [0.05, 0.1) is 19.2 Å². The van der Waals surface area contributed by atoms with E-state index in [2.05, 4.69) is 26.6 Å². The number of hydrogen-bond donors (Lipinski definition) is 3. The van der Waals surface area contributed by atoms with E-state index in [1.165, 1.54) is 0 Å². The van der Waals surface area contributed by atoms with Gasteiger partial charge in [0.2, 0.25) is 0 Å². The van der Waals surface area contributed by atoms with E-state index in [1.54, 1.807) is 0 Å². The van der Waals surface area contributed by atoms with Crippen molar-refractivity contribution < 1.29 is 14.6 Å². The summed E-state index contributed by atoms with van der Waals surface area (Å²) in [5, 5.41) is 14.3. The van der Waals surface area contributed by atoms with E-state index in [1.807, 2.05) is 31.2 Å². The predicted molar refractivity (Wildman–Crippen MR) is 77.3 cm³/mol. The van der Waals surface area contributed by atoms with Crippen molar-refractivity contribution in [3.8, 4) is 5.75 Å². The predicted octanol–water partition coefficient (Wildman–Crippen LogP) is 1.90. The fraction of sp³-hybridized carbons (Fsp3) is 0.462. The molecule has 3 N–H and O–H groups in total. The Morgan fingerprint density at radius 1 is 1.42 bits per heavy atom. The molecule has 1 aromatic carbocycles. The summed E-state index contributed by atoms with van der Waals surface area (Å²) < 4.78 is 6.45. The van der Waals surface area contributed by atoms with Crippen LogP contribution in [0.25, 0.3) is 0 Å². The first-order chi connectivity index (χ1) is 9.15. The highest BCUT2D eigenvalue weighted by Crippen LogP contribution is 2.15. The minimum Gasteiger partial charge on any atom is -0.492 e. The van der Waals surface area contributed by atoms with Gasteiger partial charge in [-0.15, -0.1) is 0 Å². The summed E-state index contributed by atoms with van der Waals surface area (Å²) in [7, 11) is 0. The van der Waals surface area contributed by atoms with Crippen molar-refractivity contribution in [3.63, 3.8) is 0 Å². The Kier molecular flexibility index (Phi) is 7.28. The van der Waals surface area contributed by atoms with Crippen LogP contribution in [0.1, 0.15) is 13.3 Å². The number of halogens is 1. The minimum absolute atomic E-state index is 0.0562. The normalized spacial score (nSPS) is 11.7. The maximum Gasteiger partial charge on any atom is 0.315 e. The van der Waals surface area contributed by atoms with E-state index in [-0.39, 0.29) is 18.7 Å². The summed E-state index contributed by atoms with van der Waals surface area (Å²) in [6, 6.07) is 6.99. The van der Waals surface area contributed by atoms with Gasteiger partial charge in [-0.2, -0.15) is 0 Å². The minimum atomic E-state index is -0.291. The molecule has 0 aromatic heterocycles. The molecule has 6 heteroatoms. The standard InChI is InChI=1S/C13H19BrN2O3/c1-2-11(9-17)16-13(18)15-7-8-19-12-5-3-10(14)4-6-12/h3-6,11,17H,2,7-9H2,1H3,(H2,15,16,18). The highest BCUT2D eigenvalue weighted by molar-refractivity contribution is 9.10. The molecule has 5 nitrogen and oxygen atoms in total. The summed E-state index contributed by atoms with van der Waals surface area (Å²) in [4.78, 5) is 11.4. The SMILES string of the molecule is CCC(CO)NC(=O)NCCOc1ccc(Br)cc1. The molecular weight excluding hydrogens is 312 g/mol.